The largest absolute Gasteiger partial charge is 0.349 e. The molecule has 0 aliphatic heterocycles. The van der Waals surface area contributed by atoms with Crippen molar-refractivity contribution in [1.82, 2.24) is 15.3 Å². The van der Waals surface area contributed by atoms with Gasteiger partial charge in [0, 0.05) is 36.5 Å². The molecule has 0 spiro atoms. The first-order chi connectivity index (χ1) is 15.1. The zero-order chi connectivity index (χ0) is 22.1. The van der Waals surface area contributed by atoms with Gasteiger partial charge in [-0.2, -0.15) is 0 Å². The van der Waals surface area contributed by atoms with Crippen LogP contribution in [0.3, 0.4) is 0 Å². The van der Waals surface area contributed by atoms with E-state index in [1.54, 1.807) is 6.07 Å². The third-order valence-corrected chi connectivity index (χ3v) is 6.32. The van der Waals surface area contributed by atoms with Crippen LogP contribution >= 0.6 is 23.4 Å². The molecule has 1 aromatic carbocycles. The van der Waals surface area contributed by atoms with E-state index < -0.39 is 0 Å². The van der Waals surface area contributed by atoms with Crippen LogP contribution in [0.2, 0.25) is 5.15 Å². The number of aromatic nitrogens is 2. The van der Waals surface area contributed by atoms with Crippen LogP contribution in [0.4, 0.5) is 5.82 Å². The minimum atomic E-state index is 0.0125. The fourth-order valence-electron chi connectivity index (χ4n) is 3.60. The monoisotopic (exact) mass is 456 g/mol. The fourth-order valence-corrected chi connectivity index (χ4v) is 4.64. The van der Waals surface area contributed by atoms with E-state index in [1.807, 2.05) is 41.3 Å². The van der Waals surface area contributed by atoms with Crippen molar-refractivity contribution in [1.29, 1.82) is 0 Å². The Bertz CT molecular complexity index is 887. The van der Waals surface area contributed by atoms with E-state index in [0.29, 0.717) is 40.8 Å². The Kier molecular flexibility index (Phi) is 8.98. The Morgan fingerprint density at radius 1 is 1.13 bits per heavy atom. The highest BCUT2D eigenvalue weighted by atomic mass is 35.5. The van der Waals surface area contributed by atoms with Crippen molar-refractivity contribution in [3.05, 3.63) is 71.9 Å². The highest BCUT2D eigenvalue weighted by Crippen LogP contribution is 2.25. The van der Waals surface area contributed by atoms with E-state index in [4.69, 9.17) is 11.6 Å². The standard InChI is InChI=1S/C24H29ClN4OS/c1-3-14-29(15-4-2)22-16-21(25)27-24(28-22)31-17-18-10-12-19(13-11-18)23(30)26-20-8-6-5-7-9-20/h3-4,10-13,16,20H,1-2,5-9,14-15,17H2,(H,26,30). The highest BCUT2D eigenvalue weighted by Gasteiger charge is 2.16. The second-order valence-corrected chi connectivity index (χ2v) is 8.94. The van der Waals surface area contributed by atoms with E-state index in [9.17, 15) is 4.79 Å². The second kappa shape index (κ2) is 11.9. The first-order valence-electron chi connectivity index (χ1n) is 10.6. The summed E-state index contributed by atoms with van der Waals surface area (Å²) < 4.78 is 0. The van der Waals surface area contributed by atoms with Gasteiger partial charge in [0.05, 0.1) is 0 Å². The molecule has 1 aliphatic rings. The Labute approximate surface area is 194 Å². The number of hydrogen-bond donors (Lipinski definition) is 1. The Morgan fingerprint density at radius 3 is 2.45 bits per heavy atom. The third kappa shape index (κ3) is 7.11. The Balaban J connectivity index is 1.60. The molecule has 0 atom stereocenters. The molecular formula is C24H29ClN4OS. The molecule has 0 saturated heterocycles. The van der Waals surface area contributed by atoms with Gasteiger partial charge in [-0.3, -0.25) is 4.79 Å². The number of rotatable bonds is 10. The molecule has 7 heteroatoms. The lowest BCUT2D eigenvalue weighted by molar-refractivity contribution is 0.0927. The van der Waals surface area contributed by atoms with Crippen LogP contribution in [0.1, 0.15) is 48.0 Å². The van der Waals surface area contributed by atoms with E-state index in [2.05, 4.69) is 28.4 Å². The molecule has 3 rings (SSSR count). The van der Waals surface area contributed by atoms with Gasteiger partial charge in [0.25, 0.3) is 5.91 Å². The van der Waals surface area contributed by atoms with Crippen molar-refractivity contribution in [3.8, 4) is 0 Å². The maximum absolute atomic E-state index is 12.5. The van der Waals surface area contributed by atoms with Crippen LogP contribution in [-0.2, 0) is 5.75 Å². The van der Waals surface area contributed by atoms with Crippen molar-refractivity contribution in [2.24, 2.45) is 0 Å². The zero-order valence-corrected chi connectivity index (χ0v) is 19.3. The molecule has 2 aromatic rings. The number of halogens is 1. The van der Waals surface area contributed by atoms with Gasteiger partial charge in [-0.05, 0) is 30.5 Å². The second-order valence-electron chi connectivity index (χ2n) is 7.61. The highest BCUT2D eigenvalue weighted by molar-refractivity contribution is 7.98. The smallest absolute Gasteiger partial charge is 0.251 e. The number of anilines is 1. The fraction of sp³-hybridized carbons (Fsp3) is 0.375. The molecular weight excluding hydrogens is 428 g/mol. The number of thioether (sulfide) groups is 1. The summed E-state index contributed by atoms with van der Waals surface area (Å²) in [5.41, 5.74) is 1.79. The van der Waals surface area contributed by atoms with Gasteiger partial charge in [0.1, 0.15) is 11.0 Å². The van der Waals surface area contributed by atoms with Crippen molar-refractivity contribution < 1.29 is 4.79 Å². The quantitative estimate of drug-likeness (QED) is 0.216. The number of benzene rings is 1. The molecule has 1 heterocycles. The normalized spacial score (nSPS) is 14.1. The summed E-state index contributed by atoms with van der Waals surface area (Å²) in [6.45, 7) is 8.88. The first kappa shape index (κ1) is 23.4. The lowest BCUT2D eigenvalue weighted by atomic mass is 9.95. The molecule has 1 saturated carbocycles. The van der Waals surface area contributed by atoms with Crippen molar-refractivity contribution in [3.63, 3.8) is 0 Å². The molecule has 31 heavy (non-hydrogen) atoms. The third-order valence-electron chi connectivity index (χ3n) is 5.21. The van der Waals surface area contributed by atoms with Gasteiger partial charge in [-0.15, -0.1) is 13.2 Å². The molecule has 1 aromatic heterocycles. The lowest BCUT2D eigenvalue weighted by Gasteiger charge is -2.22. The van der Waals surface area contributed by atoms with E-state index in [0.717, 1.165) is 24.2 Å². The topological polar surface area (TPSA) is 58.1 Å². The Hall–Kier alpha value is -2.31. The van der Waals surface area contributed by atoms with Gasteiger partial charge in [-0.1, -0.05) is 66.9 Å². The lowest BCUT2D eigenvalue weighted by Crippen LogP contribution is -2.36. The van der Waals surface area contributed by atoms with E-state index in [1.165, 1.54) is 31.0 Å². The predicted molar refractivity (Wildman–Crippen MR) is 130 cm³/mol. The number of amides is 1. The number of hydrogen-bond acceptors (Lipinski definition) is 5. The number of nitrogens with zero attached hydrogens (tertiary/aromatic N) is 3. The molecule has 5 nitrogen and oxygen atoms in total. The molecule has 1 N–H and O–H groups in total. The molecule has 0 bridgehead atoms. The zero-order valence-electron chi connectivity index (χ0n) is 17.7. The maximum atomic E-state index is 12.5. The average molecular weight is 457 g/mol. The van der Waals surface area contributed by atoms with E-state index >= 15 is 0 Å². The van der Waals surface area contributed by atoms with Crippen molar-refractivity contribution in [2.75, 3.05) is 18.0 Å². The summed E-state index contributed by atoms with van der Waals surface area (Å²) in [6, 6.07) is 9.79. The minimum Gasteiger partial charge on any atom is -0.349 e. The maximum Gasteiger partial charge on any atom is 0.251 e. The molecule has 1 aliphatic carbocycles. The molecule has 0 unspecified atom stereocenters. The molecule has 1 amide bonds. The van der Waals surface area contributed by atoms with Crippen LogP contribution in [0.25, 0.3) is 0 Å². The van der Waals surface area contributed by atoms with Gasteiger partial charge in [0.15, 0.2) is 5.16 Å². The number of nitrogens with one attached hydrogen (secondary N) is 1. The summed E-state index contributed by atoms with van der Waals surface area (Å²) >= 11 is 7.74. The van der Waals surface area contributed by atoms with Gasteiger partial charge in [-0.25, -0.2) is 9.97 Å². The van der Waals surface area contributed by atoms with Crippen LogP contribution in [0.5, 0.6) is 0 Å². The first-order valence-corrected chi connectivity index (χ1v) is 12.0. The average Bonchev–Trinajstić information content (AvgIpc) is 2.78. The summed E-state index contributed by atoms with van der Waals surface area (Å²) in [7, 11) is 0. The number of carbonyl (C=O) groups is 1. The van der Waals surface area contributed by atoms with Gasteiger partial charge in [0.2, 0.25) is 0 Å². The van der Waals surface area contributed by atoms with Crippen LogP contribution in [0, 0.1) is 0 Å². The molecule has 1 fully saturated rings. The number of carbonyl (C=O) groups excluding carboxylic acids is 1. The van der Waals surface area contributed by atoms with Gasteiger partial charge < -0.3 is 10.2 Å². The van der Waals surface area contributed by atoms with Crippen molar-refractivity contribution >= 4 is 35.1 Å². The summed E-state index contributed by atoms with van der Waals surface area (Å²) in [4.78, 5) is 23.5. The van der Waals surface area contributed by atoms with Crippen LogP contribution in [0.15, 0.2) is 60.8 Å². The van der Waals surface area contributed by atoms with Crippen molar-refractivity contribution in [2.45, 2.75) is 49.1 Å². The molecule has 164 valence electrons. The SMILES string of the molecule is C=CCN(CC=C)c1cc(Cl)nc(SCc2ccc(C(=O)NC3CCCCC3)cc2)n1. The van der Waals surface area contributed by atoms with Crippen LogP contribution in [-0.4, -0.2) is 35.0 Å². The van der Waals surface area contributed by atoms with Crippen LogP contribution < -0.4 is 10.2 Å². The van der Waals surface area contributed by atoms with E-state index in [-0.39, 0.29) is 5.91 Å². The van der Waals surface area contributed by atoms with Gasteiger partial charge >= 0.3 is 0 Å². The minimum absolute atomic E-state index is 0.0125. The summed E-state index contributed by atoms with van der Waals surface area (Å²) in [6.07, 6.45) is 9.48. The summed E-state index contributed by atoms with van der Waals surface area (Å²) in [5.74, 6) is 1.45. The Morgan fingerprint density at radius 2 is 1.81 bits per heavy atom. The summed E-state index contributed by atoms with van der Waals surface area (Å²) in [5, 5.41) is 4.17. The molecule has 0 radical (unpaired) electrons. The predicted octanol–water partition coefficient (Wildman–Crippen LogP) is 5.66.